The van der Waals surface area contributed by atoms with E-state index in [9.17, 15) is 0 Å². The molecule has 0 fully saturated rings. The molecule has 0 saturated carbocycles. The zero-order valence-electron chi connectivity index (χ0n) is 11.8. The van der Waals surface area contributed by atoms with Gasteiger partial charge in [-0.1, -0.05) is 6.92 Å². The Labute approximate surface area is 105 Å². The second kappa shape index (κ2) is 5.65. The molecule has 0 amide bonds. The minimum Gasteiger partial charge on any atom is -0.332 e. The Bertz CT molecular complexity index is 337. The minimum absolute atomic E-state index is 0.328. The average Bonchev–Trinajstić information content (AvgIpc) is 2.72. The summed E-state index contributed by atoms with van der Waals surface area (Å²) in [5.74, 6) is 0. The van der Waals surface area contributed by atoms with Crippen LogP contribution in [0.15, 0.2) is 12.5 Å². The highest BCUT2D eigenvalue weighted by Crippen LogP contribution is 2.16. The van der Waals surface area contributed by atoms with Crippen LogP contribution in [0.3, 0.4) is 0 Å². The fourth-order valence-electron chi connectivity index (χ4n) is 1.83. The third kappa shape index (κ3) is 3.82. The van der Waals surface area contributed by atoms with Gasteiger partial charge >= 0.3 is 0 Å². The Balaban J connectivity index is 2.61. The van der Waals surface area contributed by atoms with E-state index in [-0.39, 0.29) is 5.54 Å². The van der Waals surface area contributed by atoms with Crippen molar-refractivity contribution in [3.8, 4) is 0 Å². The summed E-state index contributed by atoms with van der Waals surface area (Å²) in [5, 5.41) is 0. The van der Waals surface area contributed by atoms with Crippen molar-refractivity contribution in [3.63, 3.8) is 0 Å². The fourth-order valence-corrected chi connectivity index (χ4v) is 1.83. The van der Waals surface area contributed by atoms with Gasteiger partial charge in [0.1, 0.15) is 0 Å². The van der Waals surface area contributed by atoms with Crippen LogP contribution in [-0.2, 0) is 12.1 Å². The Kier molecular flexibility index (Phi) is 4.71. The van der Waals surface area contributed by atoms with Gasteiger partial charge in [0.05, 0.1) is 17.6 Å². The summed E-state index contributed by atoms with van der Waals surface area (Å²) in [5.41, 5.74) is 6.88. The summed E-state index contributed by atoms with van der Waals surface area (Å²) >= 11 is 0. The summed E-state index contributed by atoms with van der Waals surface area (Å²) in [7, 11) is 2.17. The first-order valence-electron chi connectivity index (χ1n) is 6.36. The second-order valence-electron chi connectivity index (χ2n) is 5.43. The van der Waals surface area contributed by atoms with Crippen LogP contribution in [0.2, 0.25) is 0 Å². The maximum Gasteiger partial charge on any atom is 0.0949 e. The zero-order chi connectivity index (χ0) is 13.1. The number of likely N-dealkylation sites (N-methyl/N-ethyl adjacent to an activating group) is 1. The van der Waals surface area contributed by atoms with E-state index in [4.69, 9.17) is 5.73 Å². The molecule has 0 aliphatic carbocycles. The molecule has 1 aromatic heterocycles. The van der Waals surface area contributed by atoms with Crippen LogP contribution in [-0.4, -0.2) is 34.1 Å². The molecular weight excluding hydrogens is 212 g/mol. The SMILES string of the molecule is CCC(C)N(C)CCn1cncc1C(C)(C)N. The van der Waals surface area contributed by atoms with Gasteiger partial charge in [-0.2, -0.15) is 0 Å². The van der Waals surface area contributed by atoms with E-state index in [2.05, 4.69) is 35.3 Å². The van der Waals surface area contributed by atoms with Crippen molar-refractivity contribution in [1.82, 2.24) is 14.5 Å². The molecule has 0 bridgehead atoms. The van der Waals surface area contributed by atoms with E-state index in [1.807, 2.05) is 26.4 Å². The van der Waals surface area contributed by atoms with Crippen molar-refractivity contribution in [2.45, 2.75) is 52.2 Å². The van der Waals surface area contributed by atoms with E-state index in [1.54, 1.807) is 0 Å². The second-order valence-corrected chi connectivity index (χ2v) is 5.43. The van der Waals surface area contributed by atoms with Crippen molar-refractivity contribution in [2.24, 2.45) is 5.73 Å². The Morgan fingerprint density at radius 2 is 2.18 bits per heavy atom. The Hall–Kier alpha value is -0.870. The predicted octanol–water partition coefficient (Wildman–Crippen LogP) is 1.81. The molecule has 0 aliphatic heterocycles. The summed E-state index contributed by atoms with van der Waals surface area (Å²) in [6.45, 7) is 10.5. The molecular formula is C13H26N4. The zero-order valence-corrected chi connectivity index (χ0v) is 11.8. The van der Waals surface area contributed by atoms with Crippen molar-refractivity contribution in [3.05, 3.63) is 18.2 Å². The molecule has 1 rings (SSSR count). The summed E-state index contributed by atoms with van der Waals surface area (Å²) in [4.78, 5) is 6.56. The van der Waals surface area contributed by atoms with Crippen molar-refractivity contribution >= 4 is 0 Å². The van der Waals surface area contributed by atoms with Crippen molar-refractivity contribution < 1.29 is 0 Å². The topological polar surface area (TPSA) is 47.1 Å². The normalized spacial score (nSPS) is 14.3. The first-order valence-corrected chi connectivity index (χ1v) is 6.36. The lowest BCUT2D eigenvalue weighted by Gasteiger charge is -2.25. The summed E-state index contributed by atoms with van der Waals surface area (Å²) in [6.07, 6.45) is 4.91. The lowest BCUT2D eigenvalue weighted by molar-refractivity contribution is 0.240. The molecule has 0 aromatic carbocycles. The largest absolute Gasteiger partial charge is 0.332 e. The van der Waals surface area contributed by atoms with Gasteiger partial charge in [-0.15, -0.1) is 0 Å². The third-order valence-corrected chi connectivity index (χ3v) is 3.41. The van der Waals surface area contributed by atoms with Crippen LogP contribution < -0.4 is 5.73 Å². The number of aromatic nitrogens is 2. The van der Waals surface area contributed by atoms with Gasteiger partial charge < -0.3 is 15.2 Å². The average molecular weight is 238 g/mol. The number of hydrogen-bond acceptors (Lipinski definition) is 3. The molecule has 0 spiro atoms. The maximum atomic E-state index is 6.12. The number of imidazole rings is 1. The monoisotopic (exact) mass is 238 g/mol. The smallest absolute Gasteiger partial charge is 0.0949 e. The molecule has 98 valence electrons. The van der Waals surface area contributed by atoms with Crippen LogP contribution in [0.5, 0.6) is 0 Å². The van der Waals surface area contributed by atoms with Crippen LogP contribution in [0.4, 0.5) is 0 Å². The molecule has 4 nitrogen and oxygen atoms in total. The summed E-state index contributed by atoms with van der Waals surface area (Å²) in [6, 6.07) is 0.618. The molecule has 17 heavy (non-hydrogen) atoms. The molecule has 4 heteroatoms. The fraction of sp³-hybridized carbons (Fsp3) is 0.769. The van der Waals surface area contributed by atoms with E-state index >= 15 is 0 Å². The Morgan fingerprint density at radius 1 is 1.53 bits per heavy atom. The molecule has 0 radical (unpaired) electrons. The van der Waals surface area contributed by atoms with Gasteiger partial charge in [0.25, 0.3) is 0 Å². The maximum absolute atomic E-state index is 6.12. The Morgan fingerprint density at radius 3 is 2.71 bits per heavy atom. The van der Waals surface area contributed by atoms with Crippen LogP contribution >= 0.6 is 0 Å². The quantitative estimate of drug-likeness (QED) is 0.822. The first kappa shape index (κ1) is 14.2. The molecule has 1 heterocycles. The number of hydrogen-bond donors (Lipinski definition) is 1. The van der Waals surface area contributed by atoms with Gasteiger partial charge in [-0.25, -0.2) is 4.98 Å². The van der Waals surface area contributed by atoms with Crippen LogP contribution in [0.25, 0.3) is 0 Å². The third-order valence-electron chi connectivity index (χ3n) is 3.41. The molecule has 1 aromatic rings. The lowest BCUT2D eigenvalue weighted by Crippen LogP contribution is -2.35. The van der Waals surface area contributed by atoms with Gasteiger partial charge in [-0.3, -0.25) is 0 Å². The summed E-state index contributed by atoms with van der Waals surface area (Å²) < 4.78 is 2.15. The lowest BCUT2D eigenvalue weighted by atomic mass is 10.0. The molecule has 0 saturated heterocycles. The highest BCUT2D eigenvalue weighted by molar-refractivity contribution is 5.09. The van der Waals surface area contributed by atoms with Crippen LogP contribution in [0.1, 0.15) is 39.8 Å². The van der Waals surface area contributed by atoms with E-state index in [0.717, 1.165) is 18.8 Å². The van der Waals surface area contributed by atoms with Crippen molar-refractivity contribution in [2.75, 3.05) is 13.6 Å². The number of nitrogens with two attached hydrogens (primary N) is 1. The van der Waals surface area contributed by atoms with E-state index in [0.29, 0.717) is 6.04 Å². The van der Waals surface area contributed by atoms with Crippen molar-refractivity contribution in [1.29, 1.82) is 0 Å². The van der Waals surface area contributed by atoms with E-state index in [1.165, 1.54) is 6.42 Å². The highest BCUT2D eigenvalue weighted by atomic mass is 15.2. The molecule has 1 atom stereocenters. The van der Waals surface area contributed by atoms with Gasteiger partial charge in [-0.05, 0) is 34.2 Å². The van der Waals surface area contributed by atoms with Gasteiger partial charge in [0.2, 0.25) is 0 Å². The molecule has 0 aliphatic rings. The minimum atomic E-state index is -0.328. The predicted molar refractivity (Wildman–Crippen MR) is 71.8 cm³/mol. The highest BCUT2D eigenvalue weighted by Gasteiger charge is 2.19. The van der Waals surface area contributed by atoms with Crippen LogP contribution in [0, 0.1) is 0 Å². The first-order chi connectivity index (χ1) is 7.86. The van der Waals surface area contributed by atoms with Gasteiger partial charge in [0.15, 0.2) is 0 Å². The number of nitrogens with zero attached hydrogens (tertiary/aromatic N) is 3. The standard InChI is InChI=1S/C13H26N4/c1-6-11(2)16(5)7-8-17-10-15-9-12(17)13(3,4)14/h9-11H,6-8,14H2,1-5H3. The molecule has 2 N–H and O–H groups in total. The van der Waals surface area contributed by atoms with Gasteiger partial charge in [0, 0.05) is 25.3 Å². The number of rotatable bonds is 6. The van der Waals surface area contributed by atoms with E-state index < -0.39 is 0 Å². The molecule has 1 unspecified atom stereocenters.